The first-order valence-electron chi connectivity index (χ1n) is 10.5. The molecule has 0 atom stereocenters. The lowest BCUT2D eigenvalue weighted by Crippen LogP contribution is -2.56. The Balaban J connectivity index is 1.29. The maximum atomic E-state index is 13.1. The van der Waals surface area contributed by atoms with E-state index in [4.69, 9.17) is 0 Å². The molecule has 5 rings (SSSR count). The Morgan fingerprint density at radius 1 is 0.759 bits per heavy atom. The van der Waals surface area contributed by atoms with Gasteiger partial charge in [-0.05, 0) is 28.7 Å². The SMILES string of the molecule is O=C(C1CN(C(c2ccccc2)c2ccccc2)C1)N1CCc2ccccc2C1. The third kappa shape index (κ3) is 3.58. The van der Waals surface area contributed by atoms with Crippen LogP contribution in [0.2, 0.25) is 0 Å². The van der Waals surface area contributed by atoms with Crippen molar-refractivity contribution in [2.45, 2.75) is 19.0 Å². The molecule has 0 aliphatic carbocycles. The van der Waals surface area contributed by atoms with Gasteiger partial charge in [-0.2, -0.15) is 0 Å². The standard InChI is InChI=1S/C26H26N2O/c29-26(27-16-15-20-9-7-8-14-23(20)17-27)24-18-28(19-24)25(21-10-3-1-4-11-21)22-12-5-2-6-13-22/h1-14,24-25H,15-19H2. The first-order chi connectivity index (χ1) is 14.3. The minimum Gasteiger partial charge on any atom is -0.338 e. The van der Waals surface area contributed by atoms with E-state index in [-0.39, 0.29) is 12.0 Å². The van der Waals surface area contributed by atoms with E-state index in [0.717, 1.165) is 32.6 Å². The maximum Gasteiger partial charge on any atom is 0.228 e. The number of nitrogens with zero attached hydrogens (tertiary/aromatic N) is 2. The van der Waals surface area contributed by atoms with Gasteiger partial charge in [0.25, 0.3) is 0 Å². The fraction of sp³-hybridized carbons (Fsp3) is 0.269. The van der Waals surface area contributed by atoms with Crippen molar-refractivity contribution in [2.24, 2.45) is 5.92 Å². The van der Waals surface area contributed by atoms with Gasteiger partial charge in [0.1, 0.15) is 0 Å². The van der Waals surface area contributed by atoms with Crippen molar-refractivity contribution in [1.82, 2.24) is 9.80 Å². The highest BCUT2D eigenvalue weighted by Crippen LogP contribution is 2.35. The highest BCUT2D eigenvalue weighted by molar-refractivity contribution is 5.80. The molecule has 3 aromatic carbocycles. The van der Waals surface area contributed by atoms with Crippen molar-refractivity contribution in [3.05, 3.63) is 107 Å². The molecule has 0 radical (unpaired) electrons. The summed E-state index contributed by atoms with van der Waals surface area (Å²) < 4.78 is 0. The van der Waals surface area contributed by atoms with E-state index < -0.39 is 0 Å². The number of likely N-dealkylation sites (tertiary alicyclic amines) is 1. The average Bonchev–Trinajstić information content (AvgIpc) is 2.76. The molecule has 29 heavy (non-hydrogen) atoms. The summed E-state index contributed by atoms with van der Waals surface area (Å²) >= 11 is 0. The van der Waals surface area contributed by atoms with Crippen LogP contribution >= 0.6 is 0 Å². The van der Waals surface area contributed by atoms with Crippen LogP contribution in [0, 0.1) is 5.92 Å². The van der Waals surface area contributed by atoms with E-state index in [2.05, 4.69) is 94.7 Å². The van der Waals surface area contributed by atoms with E-state index in [0.29, 0.717) is 5.91 Å². The third-order valence-corrected chi connectivity index (χ3v) is 6.30. The monoisotopic (exact) mass is 382 g/mol. The molecule has 1 fully saturated rings. The van der Waals surface area contributed by atoms with Crippen LogP contribution < -0.4 is 0 Å². The molecule has 3 aromatic rings. The largest absolute Gasteiger partial charge is 0.338 e. The van der Waals surface area contributed by atoms with Crippen LogP contribution in [0.4, 0.5) is 0 Å². The van der Waals surface area contributed by atoms with Crippen LogP contribution in [-0.4, -0.2) is 35.3 Å². The van der Waals surface area contributed by atoms with Gasteiger partial charge in [0.15, 0.2) is 0 Å². The van der Waals surface area contributed by atoms with E-state index >= 15 is 0 Å². The van der Waals surface area contributed by atoms with Gasteiger partial charge in [-0.1, -0.05) is 84.9 Å². The van der Waals surface area contributed by atoms with Gasteiger partial charge in [0.05, 0.1) is 12.0 Å². The van der Waals surface area contributed by atoms with Crippen molar-refractivity contribution in [1.29, 1.82) is 0 Å². The molecule has 0 unspecified atom stereocenters. The average molecular weight is 383 g/mol. The summed E-state index contributed by atoms with van der Waals surface area (Å²) in [5.74, 6) is 0.422. The lowest BCUT2D eigenvalue weighted by Gasteiger charge is -2.46. The number of benzene rings is 3. The first-order valence-corrected chi connectivity index (χ1v) is 10.5. The molecule has 3 nitrogen and oxygen atoms in total. The van der Waals surface area contributed by atoms with Crippen molar-refractivity contribution < 1.29 is 4.79 Å². The van der Waals surface area contributed by atoms with Gasteiger partial charge in [-0.3, -0.25) is 9.69 Å². The van der Waals surface area contributed by atoms with Crippen LogP contribution in [0.25, 0.3) is 0 Å². The van der Waals surface area contributed by atoms with Crippen LogP contribution in [0.3, 0.4) is 0 Å². The van der Waals surface area contributed by atoms with Crippen molar-refractivity contribution >= 4 is 5.91 Å². The summed E-state index contributed by atoms with van der Waals surface area (Å²) in [5, 5.41) is 0. The Labute approximate surface area is 172 Å². The Morgan fingerprint density at radius 3 is 1.93 bits per heavy atom. The molecule has 1 saturated heterocycles. The number of hydrogen-bond acceptors (Lipinski definition) is 2. The van der Waals surface area contributed by atoms with Gasteiger partial charge in [-0.25, -0.2) is 0 Å². The molecule has 0 spiro atoms. The van der Waals surface area contributed by atoms with Gasteiger partial charge >= 0.3 is 0 Å². The Kier molecular flexibility index (Phi) is 4.91. The number of amides is 1. The zero-order valence-electron chi connectivity index (χ0n) is 16.6. The molecule has 0 saturated carbocycles. The Bertz CT molecular complexity index is 940. The van der Waals surface area contributed by atoms with E-state index in [1.165, 1.54) is 22.3 Å². The zero-order valence-corrected chi connectivity index (χ0v) is 16.6. The number of carbonyl (C=O) groups excluding carboxylic acids is 1. The zero-order chi connectivity index (χ0) is 19.6. The smallest absolute Gasteiger partial charge is 0.228 e. The Morgan fingerprint density at radius 2 is 1.31 bits per heavy atom. The van der Waals surface area contributed by atoms with Gasteiger partial charge < -0.3 is 4.90 Å². The fourth-order valence-electron chi connectivity index (χ4n) is 4.71. The summed E-state index contributed by atoms with van der Waals surface area (Å²) in [7, 11) is 0. The molecule has 2 aliphatic heterocycles. The molecule has 1 amide bonds. The second kappa shape index (κ2) is 7.84. The van der Waals surface area contributed by atoms with Crippen LogP contribution in [0.5, 0.6) is 0 Å². The second-order valence-electron chi connectivity index (χ2n) is 8.15. The molecule has 0 aromatic heterocycles. The molecule has 0 bridgehead atoms. The number of fused-ring (bicyclic) bond motifs is 1. The fourth-order valence-corrected chi connectivity index (χ4v) is 4.71. The van der Waals surface area contributed by atoms with Gasteiger partial charge in [0.2, 0.25) is 5.91 Å². The molecule has 2 aliphatic rings. The van der Waals surface area contributed by atoms with Crippen LogP contribution in [0.1, 0.15) is 28.3 Å². The molecular formula is C26H26N2O. The van der Waals surface area contributed by atoms with Crippen molar-refractivity contribution in [3.8, 4) is 0 Å². The molecular weight excluding hydrogens is 356 g/mol. The van der Waals surface area contributed by atoms with E-state index in [9.17, 15) is 4.79 Å². The lowest BCUT2D eigenvalue weighted by atomic mass is 9.89. The summed E-state index contributed by atoms with van der Waals surface area (Å²) in [4.78, 5) is 17.6. The minimum absolute atomic E-state index is 0.107. The van der Waals surface area contributed by atoms with Gasteiger partial charge in [-0.15, -0.1) is 0 Å². The Hall–Kier alpha value is -2.91. The highest BCUT2D eigenvalue weighted by Gasteiger charge is 2.40. The predicted molar refractivity (Wildman–Crippen MR) is 115 cm³/mol. The normalized spacial score (nSPS) is 17.1. The highest BCUT2D eigenvalue weighted by atomic mass is 16.2. The molecule has 3 heteroatoms. The van der Waals surface area contributed by atoms with Crippen molar-refractivity contribution in [3.63, 3.8) is 0 Å². The lowest BCUT2D eigenvalue weighted by molar-refractivity contribution is -0.142. The number of rotatable bonds is 4. The van der Waals surface area contributed by atoms with E-state index in [1.54, 1.807) is 0 Å². The molecule has 0 N–H and O–H groups in total. The summed E-state index contributed by atoms with van der Waals surface area (Å²) in [5.41, 5.74) is 5.27. The summed E-state index contributed by atoms with van der Waals surface area (Å²) in [6.07, 6.45) is 0.967. The van der Waals surface area contributed by atoms with Crippen molar-refractivity contribution in [2.75, 3.05) is 19.6 Å². The summed E-state index contributed by atoms with van der Waals surface area (Å²) in [6.45, 7) is 3.25. The van der Waals surface area contributed by atoms with Crippen LogP contribution in [-0.2, 0) is 17.8 Å². The first kappa shape index (κ1) is 18.1. The minimum atomic E-state index is 0.107. The topological polar surface area (TPSA) is 23.6 Å². The number of carbonyl (C=O) groups is 1. The van der Waals surface area contributed by atoms with E-state index in [1.807, 2.05) is 0 Å². The molecule has 146 valence electrons. The quantitative estimate of drug-likeness (QED) is 0.672. The maximum absolute atomic E-state index is 13.1. The van der Waals surface area contributed by atoms with Gasteiger partial charge in [0, 0.05) is 26.2 Å². The third-order valence-electron chi connectivity index (χ3n) is 6.30. The predicted octanol–water partition coefficient (Wildman–Crippen LogP) is 4.29. The molecule has 2 heterocycles. The number of hydrogen-bond donors (Lipinski definition) is 0. The van der Waals surface area contributed by atoms with Crippen LogP contribution in [0.15, 0.2) is 84.9 Å². The second-order valence-corrected chi connectivity index (χ2v) is 8.15. The summed E-state index contributed by atoms with van der Waals surface area (Å²) in [6, 6.07) is 30.0.